The van der Waals surface area contributed by atoms with Gasteiger partial charge in [-0.05, 0) is 24.6 Å². The van der Waals surface area contributed by atoms with Crippen LogP contribution >= 0.6 is 0 Å². The van der Waals surface area contributed by atoms with Crippen LogP contribution in [0.1, 0.15) is 12.0 Å². The van der Waals surface area contributed by atoms with Crippen LogP contribution in [0, 0.1) is 0 Å². The fourth-order valence-electron chi connectivity index (χ4n) is 2.58. The molecule has 0 bridgehead atoms. The number of anilines is 1. The predicted octanol–water partition coefficient (Wildman–Crippen LogP) is 1.34. The molecule has 3 rings (SSSR count). The van der Waals surface area contributed by atoms with Gasteiger partial charge < -0.3 is 10.6 Å². The van der Waals surface area contributed by atoms with E-state index in [1.54, 1.807) is 0 Å². The number of rotatable bonds is 0. The zero-order valence-corrected chi connectivity index (χ0v) is 7.64. The minimum atomic E-state index is 0.399. The van der Waals surface area contributed by atoms with Crippen molar-refractivity contribution in [1.29, 1.82) is 0 Å². The summed E-state index contributed by atoms with van der Waals surface area (Å²) in [4.78, 5) is 0. The lowest BCUT2D eigenvalue weighted by Crippen LogP contribution is -2.30. The van der Waals surface area contributed by atoms with Gasteiger partial charge in [-0.25, -0.2) is 0 Å². The molecule has 13 heavy (non-hydrogen) atoms. The molecule has 0 radical (unpaired) electrons. The van der Waals surface area contributed by atoms with E-state index in [1.807, 2.05) is 0 Å². The van der Waals surface area contributed by atoms with Gasteiger partial charge in [0.2, 0.25) is 0 Å². The second-order valence-electron chi connectivity index (χ2n) is 4.11. The highest BCUT2D eigenvalue weighted by Gasteiger charge is 2.40. The standard InChI is InChI=1S/C11H14N2/c1-2-4-10-9(3-1)11(8-13-10)5-6-12-7-11/h1-4,12-13H,5-8H2/t11-/m0/s1. The van der Waals surface area contributed by atoms with Crippen molar-refractivity contribution in [3.63, 3.8) is 0 Å². The van der Waals surface area contributed by atoms with E-state index < -0.39 is 0 Å². The van der Waals surface area contributed by atoms with Crippen LogP contribution in [0.15, 0.2) is 24.3 Å². The van der Waals surface area contributed by atoms with E-state index >= 15 is 0 Å². The molecule has 1 aromatic rings. The molecule has 0 unspecified atom stereocenters. The van der Waals surface area contributed by atoms with Crippen molar-refractivity contribution >= 4 is 5.69 Å². The van der Waals surface area contributed by atoms with Crippen molar-refractivity contribution < 1.29 is 0 Å². The van der Waals surface area contributed by atoms with Gasteiger partial charge >= 0.3 is 0 Å². The third-order valence-corrected chi connectivity index (χ3v) is 3.36. The summed E-state index contributed by atoms with van der Waals surface area (Å²) < 4.78 is 0. The Morgan fingerprint density at radius 3 is 2.92 bits per heavy atom. The number of fused-ring (bicyclic) bond motifs is 2. The molecule has 0 aliphatic carbocycles. The van der Waals surface area contributed by atoms with Gasteiger partial charge in [-0.2, -0.15) is 0 Å². The second-order valence-corrected chi connectivity index (χ2v) is 4.11. The Kier molecular flexibility index (Phi) is 1.41. The molecular weight excluding hydrogens is 160 g/mol. The van der Waals surface area contributed by atoms with Crippen molar-refractivity contribution in [2.45, 2.75) is 11.8 Å². The minimum Gasteiger partial charge on any atom is -0.384 e. The van der Waals surface area contributed by atoms with Crippen molar-refractivity contribution in [2.24, 2.45) is 0 Å². The quantitative estimate of drug-likeness (QED) is 0.620. The maximum absolute atomic E-state index is 3.49. The third-order valence-electron chi connectivity index (χ3n) is 3.36. The molecule has 1 aromatic carbocycles. The van der Waals surface area contributed by atoms with E-state index in [4.69, 9.17) is 0 Å². The van der Waals surface area contributed by atoms with Gasteiger partial charge in [0.1, 0.15) is 0 Å². The zero-order chi connectivity index (χ0) is 8.73. The highest BCUT2D eigenvalue weighted by atomic mass is 15.0. The highest BCUT2D eigenvalue weighted by Crippen LogP contribution is 2.40. The molecule has 2 nitrogen and oxygen atoms in total. The van der Waals surface area contributed by atoms with Gasteiger partial charge in [0.25, 0.3) is 0 Å². The molecule has 2 heteroatoms. The van der Waals surface area contributed by atoms with E-state index in [-0.39, 0.29) is 0 Å². The fourth-order valence-corrected chi connectivity index (χ4v) is 2.58. The van der Waals surface area contributed by atoms with E-state index in [0.717, 1.165) is 19.6 Å². The van der Waals surface area contributed by atoms with Crippen LogP contribution in [0.4, 0.5) is 5.69 Å². The van der Waals surface area contributed by atoms with Gasteiger partial charge in [0, 0.05) is 24.2 Å². The van der Waals surface area contributed by atoms with E-state index in [0.29, 0.717) is 5.41 Å². The monoisotopic (exact) mass is 174 g/mol. The lowest BCUT2D eigenvalue weighted by Gasteiger charge is -2.21. The summed E-state index contributed by atoms with van der Waals surface area (Å²) in [7, 11) is 0. The van der Waals surface area contributed by atoms with Crippen LogP contribution in [0.3, 0.4) is 0 Å². The molecule has 1 saturated heterocycles. The fraction of sp³-hybridized carbons (Fsp3) is 0.455. The lowest BCUT2D eigenvalue weighted by molar-refractivity contribution is 0.522. The summed E-state index contributed by atoms with van der Waals surface area (Å²) in [6, 6.07) is 8.70. The van der Waals surface area contributed by atoms with Crippen LogP contribution in [0.5, 0.6) is 0 Å². The predicted molar refractivity (Wildman–Crippen MR) is 54.1 cm³/mol. The summed E-state index contributed by atoms with van der Waals surface area (Å²) in [6.45, 7) is 3.41. The van der Waals surface area contributed by atoms with Gasteiger partial charge in [-0.15, -0.1) is 0 Å². The van der Waals surface area contributed by atoms with Gasteiger partial charge in [-0.1, -0.05) is 18.2 Å². The Labute approximate surface area is 78.3 Å². The maximum atomic E-state index is 3.49. The summed E-state index contributed by atoms with van der Waals surface area (Å²) in [5.41, 5.74) is 3.25. The maximum Gasteiger partial charge on any atom is 0.0379 e. The summed E-state index contributed by atoms with van der Waals surface area (Å²) in [5, 5.41) is 6.95. The molecular formula is C11H14N2. The molecule has 0 aromatic heterocycles. The largest absolute Gasteiger partial charge is 0.384 e. The Bertz CT molecular complexity index is 327. The number of hydrogen-bond acceptors (Lipinski definition) is 2. The Balaban J connectivity index is 2.11. The first-order chi connectivity index (χ1) is 6.41. The molecule has 1 fully saturated rings. The summed E-state index contributed by atoms with van der Waals surface area (Å²) in [5.74, 6) is 0. The average molecular weight is 174 g/mol. The molecule has 2 heterocycles. The Hall–Kier alpha value is -1.02. The molecule has 2 aliphatic heterocycles. The molecule has 1 atom stereocenters. The number of nitrogens with one attached hydrogen (secondary N) is 2. The highest BCUT2D eigenvalue weighted by molar-refractivity contribution is 5.60. The van der Waals surface area contributed by atoms with E-state index in [2.05, 4.69) is 34.9 Å². The van der Waals surface area contributed by atoms with Crippen LogP contribution in [-0.4, -0.2) is 19.6 Å². The first-order valence-corrected chi connectivity index (χ1v) is 4.95. The van der Waals surface area contributed by atoms with Crippen LogP contribution < -0.4 is 10.6 Å². The summed E-state index contributed by atoms with van der Waals surface area (Å²) >= 11 is 0. The Morgan fingerprint density at radius 1 is 1.15 bits per heavy atom. The molecule has 0 amide bonds. The third kappa shape index (κ3) is 0.923. The molecule has 1 spiro atoms. The van der Waals surface area contributed by atoms with Crippen LogP contribution in [0.2, 0.25) is 0 Å². The van der Waals surface area contributed by atoms with E-state index in [9.17, 15) is 0 Å². The summed E-state index contributed by atoms with van der Waals surface area (Å²) in [6.07, 6.45) is 1.27. The minimum absolute atomic E-state index is 0.399. The zero-order valence-electron chi connectivity index (χ0n) is 7.64. The average Bonchev–Trinajstić information content (AvgIpc) is 2.78. The van der Waals surface area contributed by atoms with Crippen LogP contribution in [-0.2, 0) is 5.41 Å². The number of hydrogen-bond donors (Lipinski definition) is 2. The first kappa shape index (κ1) is 7.39. The molecule has 68 valence electrons. The first-order valence-electron chi connectivity index (χ1n) is 4.95. The van der Waals surface area contributed by atoms with Crippen molar-refractivity contribution in [2.75, 3.05) is 25.0 Å². The molecule has 2 N–H and O–H groups in total. The van der Waals surface area contributed by atoms with Gasteiger partial charge in [-0.3, -0.25) is 0 Å². The topological polar surface area (TPSA) is 24.1 Å². The van der Waals surface area contributed by atoms with Crippen molar-refractivity contribution in [1.82, 2.24) is 5.32 Å². The second kappa shape index (κ2) is 2.48. The van der Waals surface area contributed by atoms with Crippen molar-refractivity contribution in [3.05, 3.63) is 29.8 Å². The van der Waals surface area contributed by atoms with Crippen LogP contribution in [0.25, 0.3) is 0 Å². The van der Waals surface area contributed by atoms with Gasteiger partial charge in [0.05, 0.1) is 0 Å². The van der Waals surface area contributed by atoms with E-state index in [1.165, 1.54) is 17.7 Å². The SMILES string of the molecule is c1ccc2c(c1)NC[C@@]21CCNC1. The van der Waals surface area contributed by atoms with Crippen molar-refractivity contribution in [3.8, 4) is 0 Å². The lowest BCUT2D eigenvalue weighted by atomic mass is 9.82. The molecule has 0 saturated carbocycles. The van der Waals surface area contributed by atoms with Gasteiger partial charge in [0.15, 0.2) is 0 Å². The Morgan fingerprint density at radius 2 is 2.08 bits per heavy atom. The normalized spacial score (nSPS) is 30.5. The number of benzene rings is 1. The smallest absolute Gasteiger partial charge is 0.0379 e. The molecule has 2 aliphatic rings. The number of para-hydroxylation sites is 1.